The highest BCUT2D eigenvalue weighted by atomic mass is 16.7. The van der Waals surface area contributed by atoms with E-state index in [1.165, 1.54) is 11.1 Å². The van der Waals surface area contributed by atoms with E-state index in [2.05, 4.69) is 59.5 Å². The maximum Gasteiger partial charge on any atom is 0.170 e. The summed E-state index contributed by atoms with van der Waals surface area (Å²) in [4.78, 5) is 2.43. The molecule has 0 atom stereocenters. The van der Waals surface area contributed by atoms with Gasteiger partial charge in [-0.25, -0.2) is 0 Å². The average molecular weight is 353 g/mol. The van der Waals surface area contributed by atoms with Crippen molar-refractivity contribution >= 4 is 0 Å². The molecule has 26 heavy (non-hydrogen) atoms. The molecule has 2 aromatic rings. The van der Waals surface area contributed by atoms with Crippen LogP contribution in [-0.2, 0) is 15.9 Å². The van der Waals surface area contributed by atoms with Crippen LogP contribution in [0.1, 0.15) is 24.0 Å². The molecule has 138 valence electrons. The third kappa shape index (κ3) is 4.44. The second-order valence-electron chi connectivity index (χ2n) is 7.10. The van der Waals surface area contributed by atoms with Gasteiger partial charge in [0.15, 0.2) is 5.79 Å². The lowest BCUT2D eigenvalue weighted by molar-refractivity contribution is -0.185. The Bertz CT molecular complexity index is 670. The summed E-state index contributed by atoms with van der Waals surface area (Å²) in [6.45, 7) is 5.17. The summed E-state index contributed by atoms with van der Waals surface area (Å²) in [5, 5.41) is 0. The first-order valence-electron chi connectivity index (χ1n) is 9.57. The predicted octanol–water partition coefficient (Wildman–Crippen LogP) is 3.50. The minimum Gasteiger partial charge on any atom is -0.492 e. The maximum atomic E-state index is 5.93. The van der Waals surface area contributed by atoms with Crippen LogP contribution in [0.25, 0.3) is 0 Å². The Balaban J connectivity index is 1.19. The van der Waals surface area contributed by atoms with Gasteiger partial charge >= 0.3 is 0 Å². The molecule has 2 aliphatic heterocycles. The number of ether oxygens (including phenoxy) is 3. The predicted molar refractivity (Wildman–Crippen MR) is 101 cm³/mol. The number of hydrogen-bond acceptors (Lipinski definition) is 4. The van der Waals surface area contributed by atoms with Crippen molar-refractivity contribution in [2.75, 3.05) is 39.5 Å². The zero-order valence-electron chi connectivity index (χ0n) is 15.2. The van der Waals surface area contributed by atoms with E-state index < -0.39 is 0 Å². The van der Waals surface area contributed by atoms with Crippen molar-refractivity contribution in [3.05, 3.63) is 65.7 Å². The highest BCUT2D eigenvalue weighted by Gasteiger charge is 2.39. The van der Waals surface area contributed by atoms with E-state index in [9.17, 15) is 0 Å². The van der Waals surface area contributed by atoms with Crippen molar-refractivity contribution in [3.8, 4) is 5.75 Å². The molecule has 4 heteroatoms. The van der Waals surface area contributed by atoms with Gasteiger partial charge in [-0.05, 0) is 29.7 Å². The van der Waals surface area contributed by atoms with Crippen LogP contribution in [0.3, 0.4) is 0 Å². The van der Waals surface area contributed by atoms with Crippen molar-refractivity contribution in [3.63, 3.8) is 0 Å². The van der Waals surface area contributed by atoms with Crippen LogP contribution in [0.2, 0.25) is 0 Å². The molecule has 2 aliphatic rings. The molecule has 0 saturated carbocycles. The Labute approximate surface area is 155 Å². The summed E-state index contributed by atoms with van der Waals surface area (Å²) in [5.41, 5.74) is 2.64. The third-order valence-electron chi connectivity index (χ3n) is 5.28. The first-order chi connectivity index (χ1) is 12.8. The van der Waals surface area contributed by atoms with Gasteiger partial charge in [-0.15, -0.1) is 0 Å². The van der Waals surface area contributed by atoms with Crippen LogP contribution >= 0.6 is 0 Å². The minimum atomic E-state index is -0.286. The molecule has 2 aromatic carbocycles. The lowest BCUT2D eigenvalue weighted by Gasteiger charge is -2.37. The van der Waals surface area contributed by atoms with E-state index in [1.54, 1.807) is 0 Å². The van der Waals surface area contributed by atoms with E-state index in [1.807, 2.05) is 0 Å². The van der Waals surface area contributed by atoms with E-state index in [4.69, 9.17) is 14.2 Å². The summed E-state index contributed by atoms with van der Waals surface area (Å²) in [7, 11) is 0. The number of likely N-dealkylation sites (tertiary alicyclic amines) is 1. The highest BCUT2D eigenvalue weighted by Crippen LogP contribution is 2.31. The van der Waals surface area contributed by atoms with Gasteiger partial charge < -0.3 is 14.2 Å². The molecule has 0 aromatic heterocycles. The Hall–Kier alpha value is -1.88. The van der Waals surface area contributed by atoms with Gasteiger partial charge in [0, 0.05) is 32.5 Å². The number of hydrogen-bond donors (Lipinski definition) is 0. The zero-order chi connectivity index (χ0) is 17.7. The van der Waals surface area contributed by atoms with Gasteiger partial charge in [-0.1, -0.05) is 42.5 Å². The molecule has 2 heterocycles. The van der Waals surface area contributed by atoms with Crippen LogP contribution in [-0.4, -0.2) is 50.1 Å². The third-order valence-corrected chi connectivity index (χ3v) is 5.28. The van der Waals surface area contributed by atoms with Crippen molar-refractivity contribution in [2.24, 2.45) is 0 Å². The van der Waals surface area contributed by atoms with Gasteiger partial charge in [0.2, 0.25) is 0 Å². The van der Waals surface area contributed by atoms with E-state index >= 15 is 0 Å². The Morgan fingerprint density at radius 2 is 1.50 bits per heavy atom. The molecule has 0 N–H and O–H groups in total. The molecule has 0 bridgehead atoms. The number of nitrogens with zero attached hydrogens (tertiary/aromatic N) is 1. The highest BCUT2D eigenvalue weighted by molar-refractivity contribution is 5.31. The van der Waals surface area contributed by atoms with Crippen molar-refractivity contribution < 1.29 is 14.2 Å². The summed E-state index contributed by atoms with van der Waals surface area (Å²) >= 11 is 0. The molecular formula is C22H27NO3. The smallest absolute Gasteiger partial charge is 0.170 e. The molecule has 1 spiro atoms. The zero-order valence-corrected chi connectivity index (χ0v) is 15.2. The molecular weight excluding hydrogens is 326 g/mol. The molecule has 2 fully saturated rings. The number of piperidine rings is 1. The summed E-state index contributed by atoms with van der Waals surface area (Å²) in [5.74, 6) is 0.657. The van der Waals surface area contributed by atoms with E-state index in [0.29, 0.717) is 6.61 Å². The quantitative estimate of drug-likeness (QED) is 0.795. The van der Waals surface area contributed by atoms with Gasteiger partial charge in [-0.2, -0.15) is 0 Å². The van der Waals surface area contributed by atoms with Crippen molar-refractivity contribution in [2.45, 2.75) is 25.0 Å². The summed E-state index contributed by atoms with van der Waals surface area (Å²) < 4.78 is 17.5. The summed E-state index contributed by atoms with van der Waals surface area (Å²) in [6.07, 6.45) is 2.88. The Morgan fingerprint density at radius 1 is 0.846 bits per heavy atom. The fourth-order valence-corrected chi connectivity index (χ4v) is 3.73. The molecule has 0 amide bonds. The van der Waals surface area contributed by atoms with Gasteiger partial charge in [0.05, 0.1) is 13.2 Å². The average Bonchev–Trinajstić information content (AvgIpc) is 3.14. The van der Waals surface area contributed by atoms with Crippen molar-refractivity contribution in [1.82, 2.24) is 4.90 Å². The van der Waals surface area contributed by atoms with Crippen molar-refractivity contribution in [1.29, 1.82) is 0 Å². The second kappa shape index (κ2) is 8.21. The fourth-order valence-electron chi connectivity index (χ4n) is 3.73. The Morgan fingerprint density at radius 3 is 2.19 bits per heavy atom. The molecule has 2 saturated heterocycles. The van der Waals surface area contributed by atoms with Crippen LogP contribution in [0.5, 0.6) is 5.75 Å². The fraction of sp³-hybridized carbons (Fsp3) is 0.455. The van der Waals surface area contributed by atoms with E-state index in [0.717, 1.165) is 57.9 Å². The SMILES string of the molecule is c1ccc(Cc2ccc(OCCN3CCC4(CC3)OCCO4)cc2)cc1. The largest absolute Gasteiger partial charge is 0.492 e. The Kier molecular flexibility index (Phi) is 5.54. The monoisotopic (exact) mass is 353 g/mol. The van der Waals surface area contributed by atoms with Gasteiger partial charge in [0.25, 0.3) is 0 Å². The lowest BCUT2D eigenvalue weighted by atomic mass is 10.0. The number of rotatable bonds is 6. The molecule has 0 aliphatic carbocycles. The normalized spacial score (nSPS) is 19.7. The van der Waals surface area contributed by atoms with Crippen LogP contribution < -0.4 is 4.74 Å². The lowest BCUT2D eigenvalue weighted by Crippen LogP contribution is -2.46. The van der Waals surface area contributed by atoms with E-state index in [-0.39, 0.29) is 5.79 Å². The van der Waals surface area contributed by atoms with Crippen LogP contribution in [0, 0.1) is 0 Å². The first kappa shape index (κ1) is 17.5. The topological polar surface area (TPSA) is 30.9 Å². The molecule has 4 nitrogen and oxygen atoms in total. The van der Waals surface area contributed by atoms with Gasteiger partial charge in [-0.3, -0.25) is 4.90 Å². The second-order valence-corrected chi connectivity index (χ2v) is 7.10. The maximum absolute atomic E-state index is 5.93. The van der Waals surface area contributed by atoms with Crippen LogP contribution in [0.4, 0.5) is 0 Å². The molecule has 4 rings (SSSR count). The minimum absolute atomic E-state index is 0.286. The first-order valence-corrected chi connectivity index (χ1v) is 9.57. The number of benzene rings is 2. The molecule has 0 radical (unpaired) electrons. The van der Waals surface area contributed by atoms with Gasteiger partial charge in [0.1, 0.15) is 12.4 Å². The molecule has 0 unspecified atom stereocenters. The standard InChI is InChI=1S/C22H27NO3/c1-2-4-19(5-3-1)18-20-6-8-21(9-7-20)24-15-14-23-12-10-22(11-13-23)25-16-17-26-22/h1-9H,10-18H2. The summed E-state index contributed by atoms with van der Waals surface area (Å²) in [6, 6.07) is 19.0. The van der Waals surface area contributed by atoms with Crippen LogP contribution in [0.15, 0.2) is 54.6 Å².